The van der Waals surface area contributed by atoms with Crippen molar-refractivity contribution in [3.8, 4) is 0 Å². The number of hydrogen-bond acceptors (Lipinski definition) is 0. The van der Waals surface area contributed by atoms with Crippen molar-refractivity contribution in [3.05, 3.63) is 0 Å². The summed E-state index contributed by atoms with van der Waals surface area (Å²) >= 11 is 0.104. The first-order valence-electron chi connectivity index (χ1n) is 1.13. The molecule has 0 amide bonds. The molecule has 0 aliphatic carbocycles. The molecular formula is C3H9Mn. The fourth-order valence-electron chi connectivity index (χ4n) is 0. The van der Waals surface area contributed by atoms with Gasteiger partial charge in [0.05, 0.1) is 0 Å². The van der Waals surface area contributed by atoms with E-state index in [4.69, 9.17) is 0 Å². The molecule has 0 aromatic carbocycles. The van der Waals surface area contributed by atoms with Crippen molar-refractivity contribution < 1.29 is 13.9 Å². The van der Waals surface area contributed by atoms with Crippen molar-refractivity contribution in [1.82, 2.24) is 0 Å². The molecule has 0 saturated heterocycles. The SMILES string of the molecule is [CH3][Mn]([CH3])[CH3]. The molecule has 0 atom stereocenters. The maximum atomic E-state index is 2.27. The molecule has 0 aliphatic heterocycles. The van der Waals surface area contributed by atoms with Crippen LogP contribution >= 0.6 is 0 Å². The van der Waals surface area contributed by atoms with Crippen LogP contribution in [0.2, 0.25) is 17.5 Å². The molecular weight excluding hydrogens is 91.0 g/mol. The molecule has 0 nitrogen and oxygen atoms in total. The van der Waals surface area contributed by atoms with E-state index in [0.717, 1.165) is 0 Å². The summed E-state index contributed by atoms with van der Waals surface area (Å²) < 4.78 is 0. The van der Waals surface area contributed by atoms with E-state index in [-0.39, 0.29) is 13.9 Å². The standard InChI is InChI=1S/3CH3.Mn/h3*1H3;. The molecule has 0 saturated carbocycles. The Labute approximate surface area is 32.1 Å². The minimum atomic E-state index is 0.104. The van der Waals surface area contributed by atoms with Gasteiger partial charge in [0.15, 0.2) is 0 Å². The fraction of sp³-hybridized carbons (Fsp3) is 1.00. The Bertz CT molecular complexity index is 8.00. The first kappa shape index (κ1) is 4.52. The molecule has 0 radical (unpaired) electrons. The summed E-state index contributed by atoms with van der Waals surface area (Å²) in [7, 11) is 0. The average molecular weight is 100 g/mol. The van der Waals surface area contributed by atoms with Crippen LogP contribution in [-0.2, 0) is 13.9 Å². The normalized spacial score (nSPS) is 11.2. The third-order valence-electron chi connectivity index (χ3n) is 0. The molecule has 0 aromatic rings. The third kappa shape index (κ3) is 21.6. The van der Waals surface area contributed by atoms with E-state index in [9.17, 15) is 0 Å². The van der Waals surface area contributed by atoms with Crippen molar-refractivity contribution >= 4 is 0 Å². The van der Waals surface area contributed by atoms with Crippen molar-refractivity contribution in [1.29, 1.82) is 0 Å². The molecule has 0 fully saturated rings. The van der Waals surface area contributed by atoms with Crippen molar-refractivity contribution in [3.63, 3.8) is 0 Å². The first-order chi connectivity index (χ1) is 1.73. The summed E-state index contributed by atoms with van der Waals surface area (Å²) in [6.07, 6.45) is 0. The Morgan fingerprint density at radius 1 is 1.00 bits per heavy atom. The average Bonchev–Trinajstić information content (AvgIpc) is 0.811. The van der Waals surface area contributed by atoms with Gasteiger partial charge in [-0.25, -0.2) is 0 Å². The third-order valence-corrected chi connectivity index (χ3v) is 0. The van der Waals surface area contributed by atoms with Crippen LogP contribution in [0.25, 0.3) is 0 Å². The molecule has 0 N–H and O–H groups in total. The molecule has 0 unspecified atom stereocenters. The molecule has 28 valence electrons. The Morgan fingerprint density at radius 3 is 1.00 bits per heavy atom. The summed E-state index contributed by atoms with van der Waals surface area (Å²) in [6, 6.07) is 0. The fourth-order valence-corrected chi connectivity index (χ4v) is 0. The van der Waals surface area contributed by atoms with Crippen LogP contribution in [0.1, 0.15) is 0 Å². The summed E-state index contributed by atoms with van der Waals surface area (Å²) in [5.41, 5.74) is 0. The topological polar surface area (TPSA) is 0 Å². The van der Waals surface area contributed by atoms with Crippen molar-refractivity contribution in [2.24, 2.45) is 0 Å². The minimum absolute atomic E-state index is 0.104. The van der Waals surface area contributed by atoms with Crippen LogP contribution in [0.5, 0.6) is 0 Å². The van der Waals surface area contributed by atoms with Gasteiger partial charge < -0.3 is 0 Å². The predicted molar refractivity (Wildman–Crippen MR) is 17.6 cm³/mol. The van der Waals surface area contributed by atoms with E-state index >= 15 is 0 Å². The van der Waals surface area contributed by atoms with Gasteiger partial charge in [-0.15, -0.1) is 0 Å². The molecule has 0 heterocycles. The van der Waals surface area contributed by atoms with Gasteiger partial charge in [0, 0.05) is 0 Å². The zero-order valence-corrected chi connectivity index (χ0v) is 4.56. The van der Waals surface area contributed by atoms with E-state index in [1.807, 2.05) is 0 Å². The summed E-state index contributed by atoms with van der Waals surface area (Å²) in [5.74, 6) is 6.81. The quantitative estimate of drug-likeness (QED) is 0.407. The van der Waals surface area contributed by atoms with Gasteiger partial charge in [-0.3, -0.25) is 0 Å². The number of rotatable bonds is 0. The zero-order valence-electron chi connectivity index (χ0n) is 3.38. The van der Waals surface area contributed by atoms with Crippen LogP contribution in [0.4, 0.5) is 0 Å². The monoisotopic (exact) mass is 100 g/mol. The molecule has 0 spiro atoms. The van der Waals surface area contributed by atoms with Crippen LogP contribution in [0.3, 0.4) is 0 Å². The van der Waals surface area contributed by atoms with Gasteiger partial charge in [-0.2, -0.15) is 0 Å². The van der Waals surface area contributed by atoms with E-state index in [1.54, 1.807) is 0 Å². The van der Waals surface area contributed by atoms with Gasteiger partial charge >= 0.3 is 31.4 Å². The van der Waals surface area contributed by atoms with Crippen LogP contribution < -0.4 is 0 Å². The predicted octanol–water partition coefficient (Wildman–Crippen LogP) is 1.75. The number of hydrogen-bond donors (Lipinski definition) is 0. The van der Waals surface area contributed by atoms with Crippen molar-refractivity contribution in [2.75, 3.05) is 0 Å². The molecule has 4 heavy (non-hydrogen) atoms. The van der Waals surface area contributed by atoms with E-state index in [2.05, 4.69) is 17.5 Å². The second-order valence-corrected chi connectivity index (χ2v) is 4.68. The molecule has 1 heteroatoms. The molecule has 0 rings (SSSR count). The van der Waals surface area contributed by atoms with Gasteiger partial charge in [0.25, 0.3) is 0 Å². The van der Waals surface area contributed by atoms with E-state index < -0.39 is 0 Å². The van der Waals surface area contributed by atoms with Gasteiger partial charge in [-0.05, 0) is 0 Å². The molecule has 0 aliphatic rings. The van der Waals surface area contributed by atoms with Crippen LogP contribution in [0, 0.1) is 0 Å². The second-order valence-electron chi connectivity index (χ2n) is 1.13. The van der Waals surface area contributed by atoms with Gasteiger partial charge in [0.2, 0.25) is 0 Å². The van der Waals surface area contributed by atoms with Crippen molar-refractivity contribution in [2.45, 2.75) is 17.5 Å². The second kappa shape index (κ2) is 1.80. The molecule has 0 aromatic heterocycles. The summed E-state index contributed by atoms with van der Waals surface area (Å²) in [6.45, 7) is 0. The summed E-state index contributed by atoms with van der Waals surface area (Å²) in [5, 5.41) is 0. The van der Waals surface area contributed by atoms with Crippen LogP contribution in [0.15, 0.2) is 0 Å². The summed E-state index contributed by atoms with van der Waals surface area (Å²) in [4.78, 5) is 0. The van der Waals surface area contributed by atoms with Crippen LogP contribution in [-0.4, -0.2) is 0 Å². The molecule has 0 bridgehead atoms. The first-order valence-corrected chi connectivity index (χ1v) is 4.68. The Kier molecular flexibility index (Phi) is 2.04. The Balaban J connectivity index is 2.32. The van der Waals surface area contributed by atoms with Gasteiger partial charge in [-0.1, -0.05) is 0 Å². The van der Waals surface area contributed by atoms with E-state index in [0.29, 0.717) is 0 Å². The maximum absolute atomic E-state index is 2.27. The zero-order chi connectivity index (χ0) is 3.58. The van der Waals surface area contributed by atoms with E-state index in [1.165, 1.54) is 0 Å². The Hall–Kier alpha value is 0.519. The Morgan fingerprint density at radius 2 is 1.00 bits per heavy atom. The van der Waals surface area contributed by atoms with Gasteiger partial charge in [0.1, 0.15) is 0 Å².